The Morgan fingerprint density at radius 2 is 1.71 bits per heavy atom. The van der Waals surface area contributed by atoms with Gasteiger partial charge in [0, 0.05) is 29.3 Å². The summed E-state index contributed by atoms with van der Waals surface area (Å²) < 4.78 is 18.8. The van der Waals surface area contributed by atoms with Crippen molar-refractivity contribution in [2.75, 3.05) is 6.61 Å². The largest absolute Gasteiger partial charge is 0.486 e. The van der Waals surface area contributed by atoms with Crippen LogP contribution in [0.3, 0.4) is 0 Å². The molecular formula is C22H19Cl2FO3. The molecule has 2 aromatic rings. The first-order valence-corrected chi connectivity index (χ1v) is 9.92. The summed E-state index contributed by atoms with van der Waals surface area (Å²) in [5, 5.41) is 0.670. The van der Waals surface area contributed by atoms with Gasteiger partial charge in [0.15, 0.2) is 5.78 Å². The number of rotatable bonds is 8. The van der Waals surface area contributed by atoms with Crippen LogP contribution < -0.4 is 4.74 Å². The van der Waals surface area contributed by atoms with E-state index in [1.165, 1.54) is 18.2 Å². The molecule has 2 bridgehead atoms. The van der Waals surface area contributed by atoms with Gasteiger partial charge in [-0.2, -0.15) is 0 Å². The van der Waals surface area contributed by atoms with E-state index in [-0.39, 0.29) is 39.8 Å². The summed E-state index contributed by atoms with van der Waals surface area (Å²) in [6, 6.07) is 11.4. The van der Waals surface area contributed by atoms with Crippen molar-refractivity contribution in [3.8, 4) is 5.75 Å². The number of halogens is 3. The number of benzene rings is 2. The highest BCUT2D eigenvalue weighted by Crippen LogP contribution is 2.75. The van der Waals surface area contributed by atoms with Crippen molar-refractivity contribution in [2.24, 2.45) is 10.8 Å². The topological polar surface area (TPSA) is 43.4 Å². The van der Waals surface area contributed by atoms with Crippen LogP contribution >= 0.6 is 23.2 Å². The van der Waals surface area contributed by atoms with Crippen molar-refractivity contribution in [1.82, 2.24) is 0 Å². The third kappa shape index (κ3) is 3.68. The van der Waals surface area contributed by atoms with Crippen molar-refractivity contribution in [1.29, 1.82) is 0 Å². The lowest BCUT2D eigenvalue weighted by molar-refractivity contribution is -0.207. The Bertz CT molecular complexity index is 920. The Hall–Kier alpha value is -1.91. The van der Waals surface area contributed by atoms with Crippen molar-refractivity contribution < 1.29 is 18.7 Å². The maximum atomic E-state index is 13.4. The molecule has 3 nitrogen and oxygen atoms in total. The van der Waals surface area contributed by atoms with Crippen molar-refractivity contribution in [3.63, 3.8) is 0 Å². The zero-order valence-electron chi connectivity index (χ0n) is 15.1. The molecule has 0 aromatic heterocycles. The molecule has 28 heavy (non-hydrogen) atoms. The van der Waals surface area contributed by atoms with Gasteiger partial charge in [0.2, 0.25) is 0 Å². The van der Waals surface area contributed by atoms with E-state index >= 15 is 0 Å². The van der Waals surface area contributed by atoms with E-state index in [1.54, 1.807) is 12.1 Å². The highest BCUT2D eigenvalue weighted by molar-refractivity contribution is 6.31. The number of hydrogen-bond acceptors (Lipinski definition) is 3. The molecule has 0 heterocycles. The molecule has 2 aromatic carbocycles. The second-order valence-corrected chi connectivity index (χ2v) is 8.96. The second-order valence-electron chi connectivity index (χ2n) is 8.12. The molecule has 0 spiro atoms. The first-order valence-electron chi connectivity index (χ1n) is 9.17. The van der Waals surface area contributed by atoms with Gasteiger partial charge >= 0.3 is 0 Å². The number of ketones is 2. The zero-order valence-corrected chi connectivity index (χ0v) is 16.7. The van der Waals surface area contributed by atoms with Crippen LogP contribution in [-0.4, -0.2) is 18.2 Å². The fourth-order valence-electron chi connectivity index (χ4n) is 4.66. The summed E-state index contributed by atoms with van der Waals surface area (Å²) in [6.07, 6.45) is 3.13. The Labute approximate surface area is 172 Å². The van der Waals surface area contributed by atoms with Crippen LogP contribution in [0.4, 0.5) is 4.39 Å². The Kier molecular flexibility index (Phi) is 4.96. The fourth-order valence-corrected chi connectivity index (χ4v) is 4.90. The van der Waals surface area contributed by atoms with Gasteiger partial charge in [0.1, 0.15) is 24.0 Å². The standard InChI is InChI=1S/C22H19Cl2FO3/c23-15-3-1-14(2-4-15)7-20(27)22-11-21(12-22,13-22)9-16(26)10-28-17-5-6-18(24)19(25)8-17/h1-6,8H,7,9-13H2. The van der Waals surface area contributed by atoms with Gasteiger partial charge in [-0.3, -0.25) is 9.59 Å². The van der Waals surface area contributed by atoms with Crippen LogP contribution in [0.2, 0.25) is 10.0 Å². The van der Waals surface area contributed by atoms with Gasteiger partial charge in [0.25, 0.3) is 0 Å². The summed E-state index contributed by atoms with van der Waals surface area (Å²) in [4.78, 5) is 24.9. The highest BCUT2D eigenvalue weighted by Gasteiger charge is 2.70. The van der Waals surface area contributed by atoms with Gasteiger partial charge in [0.05, 0.1) is 5.02 Å². The Morgan fingerprint density at radius 1 is 1.04 bits per heavy atom. The predicted molar refractivity (Wildman–Crippen MR) is 105 cm³/mol. The fraction of sp³-hybridized carbons (Fsp3) is 0.364. The number of hydrogen-bond donors (Lipinski definition) is 0. The smallest absolute Gasteiger partial charge is 0.170 e. The molecule has 0 saturated heterocycles. The summed E-state index contributed by atoms with van der Waals surface area (Å²) in [7, 11) is 0. The van der Waals surface area contributed by atoms with Gasteiger partial charge < -0.3 is 4.74 Å². The summed E-state index contributed by atoms with van der Waals surface area (Å²) in [5.74, 6) is -0.0829. The van der Waals surface area contributed by atoms with Crippen LogP contribution in [0.1, 0.15) is 31.2 Å². The molecule has 3 fully saturated rings. The van der Waals surface area contributed by atoms with Gasteiger partial charge in [-0.15, -0.1) is 0 Å². The molecule has 5 rings (SSSR count). The third-order valence-electron chi connectivity index (χ3n) is 5.87. The number of ether oxygens (including phenoxy) is 1. The second kappa shape index (κ2) is 7.16. The van der Waals surface area contributed by atoms with Gasteiger partial charge in [-0.05, 0) is 54.5 Å². The van der Waals surface area contributed by atoms with E-state index in [2.05, 4.69) is 0 Å². The van der Waals surface area contributed by atoms with E-state index in [9.17, 15) is 14.0 Å². The summed E-state index contributed by atoms with van der Waals surface area (Å²) in [6.45, 7) is -0.103. The summed E-state index contributed by atoms with van der Waals surface area (Å²) in [5.41, 5.74) is 0.661. The first kappa shape index (κ1) is 19.4. The van der Waals surface area contributed by atoms with Crippen LogP contribution in [0.15, 0.2) is 42.5 Å². The lowest BCUT2D eigenvalue weighted by Crippen LogP contribution is -2.66. The zero-order chi connectivity index (χ0) is 19.9. The molecule has 0 atom stereocenters. The molecule has 0 aliphatic heterocycles. The first-order chi connectivity index (χ1) is 13.3. The Morgan fingerprint density at radius 3 is 2.36 bits per heavy atom. The van der Waals surface area contributed by atoms with E-state index < -0.39 is 5.82 Å². The van der Waals surface area contributed by atoms with E-state index in [1.807, 2.05) is 12.1 Å². The molecule has 0 radical (unpaired) electrons. The van der Waals surface area contributed by atoms with E-state index in [4.69, 9.17) is 27.9 Å². The van der Waals surface area contributed by atoms with E-state index in [0.29, 0.717) is 17.9 Å². The summed E-state index contributed by atoms with van der Waals surface area (Å²) >= 11 is 11.5. The lowest BCUT2D eigenvalue weighted by atomic mass is 9.33. The number of carbonyl (C=O) groups is 2. The Balaban J connectivity index is 1.24. The van der Waals surface area contributed by atoms with Gasteiger partial charge in [-0.1, -0.05) is 35.3 Å². The molecule has 146 valence electrons. The van der Waals surface area contributed by atoms with Crippen molar-refractivity contribution >= 4 is 34.8 Å². The van der Waals surface area contributed by atoms with Crippen LogP contribution in [0, 0.1) is 16.6 Å². The average Bonchev–Trinajstić information content (AvgIpc) is 2.59. The van der Waals surface area contributed by atoms with Crippen LogP contribution in [-0.2, 0) is 16.0 Å². The molecular weight excluding hydrogens is 402 g/mol. The number of Topliss-reactive ketones (excluding diaryl/α,β-unsaturated/α-hetero) is 2. The van der Waals surface area contributed by atoms with E-state index in [0.717, 1.165) is 24.8 Å². The van der Waals surface area contributed by atoms with Crippen molar-refractivity contribution in [3.05, 3.63) is 63.9 Å². The number of carbonyl (C=O) groups excluding carboxylic acids is 2. The molecule has 3 saturated carbocycles. The third-order valence-corrected chi connectivity index (χ3v) is 6.43. The molecule has 6 heteroatoms. The molecule has 3 aliphatic rings. The normalized spacial score (nSPS) is 24.8. The lowest BCUT2D eigenvalue weighted by Gasteiger charge is -2.70. The van der Waals surface area contributed by atoms with Crippen LogP contribution in [0.25, 0.3) is 0 Å². The minimum atomic E-state index is -0.577. The predicted octanol–water partition coefficient (Wildman–Crippen LogP) is 5.45. The molecule has 0 amide bonds. The monoisotopic (exact) mass is 420 g/mol. The highest BCUT2D eigenvalue weighted by atomic mass is 35.5. The van der Waals surface area contributed by atoms with Crippen LogP contribution in [0.5, 0.6) is 5.75 Å². The average molecular weight is 421 g/mol. The van der Waals surface area contributed by atoms with Gasteiger partial charge in [-0.25, -0.2) is 4.39 Å². The minimum Gasteiger partial charge on any atom is -0.486 e. The minimum absolute atomic E-state index is 0.0149. The van der Waals surface area contributed by atoms with Crippen molar-refractivity contribution in [2.45, 2.75) is 32.1 Å². The maximum absolute atomic E-state index is 13.4. The molecule has 0 unspecified atom stereocenters. The quantitative estimate of drug-likeness (QED) is 0.569. The maximum Gasteiger partial charge on any atom is 0.170 e. The molecule has 0 N–H and O–H groups in total. The SMILES string of the molecule is O=C(COc1ccc(Cl)c(F)c1)CC12CC(C(=O)Cc3ccc(Cl)cc3)(C1)C2. The molecule has 3 aliphatic carbocycles.